The van der Waals surface area contributed by atoms with E-state index in [0.717, 1.165) is 57.7 Å². The molecule has 0 unspecified atom stereocenters. The lowest BCUT2D eigenvalue weighted by Crippen LogP contribution is -2.38. The SMILES string of the molecule is NC(=O)c1ccc(C2CCN(C(=O)CCCN3Cc4ccccc4C3)CC2)nc1N. The lowest BCUT2D eigenvalue weighted by molar-refractivity contribution is -0.132. The number of nitrogen functional groups attached to an aromatic ring is 1. The fourth-order valence-electron chi connectivity index (χ4n) is 4.52. The van der Waals surface area contributed by atoms with Gasteiger partial charge in [0.25, 0.3) is 5.91 Å². The maximum absolute atomic E-state index is 12.6. The summed E-state index contributed by atoms with van der Waals surface area (Å²) in [6, 6.07) is 12.0. The average Bonchev–Trinajstić information content (AvgIpc) is 3.16. The van der Waals surface area contributed by atoms with Gasteiger partial charge in [-0.2, -0.15) is 0 Å². The fraction of sp³-hybridized carbons (Fsp3) is 0.435. The molecule has 7 heteroatoms. The van der Waals surface area contributed by atoms with Crippen molar-refractivity contribution in [1.82, 2.24) is 14.8 Å². The molecule has 0 atom stereocenters. The lowest BCUT2D eigenvalue weighted by Gasteiger charge is -2.32. The number of hydrogen-bond donors (Lipinski definition) is 2. The number of hydrogen-bond acceptors (Lipinski definition) is 5. The predicted molar refractivity (Wildman–Crippen MR) is 116 cm³/mol. The monoisotopic (exact) mass is 407 g/mol. The van der Waals surface area contributed by atoms with Gasteiger partial charge in [-0.25, -0.2) is 4.98 Å². The summed E-state index contributed by atoms with van der Waals surface area (Å²) < 4.78 is 0. The second-order valence-corrected chi connectivity index (χ2v) is 8.27. The zero-order chi connectivity index (χ0) is 21.1. The first-order valence-corrected chi connectivity index (χ1v) is 10.6. The molecular weight excluding hydrogens is 378 g/mol. The van der Waals surface area contributed by atoms with Gasteiger partial charge < -0.3 is 16.4 Å². The molecule has 4 rings (SSSR count). The van der Waals surface area contributed by atoms with Gasteiger partial charge in [-0.05, 0) is 49.1 Å². The van der Waals surface area contributed by atoms with Crippen LogP contribution in [0.4, 0.5) is 5.82 Å². The van der Waals surface area contributed by atoms with Crippen molar-refractivity contribution in [1.29, 1.82) is 0 Å². The highest BCUT2D eigenvalue weighted by atomic mass is 16.2. The van der Waals surface area contributed by atoms with E-state index >= 15 is 0 Å². The third-order valence-electron chi connectivity index (χ3n) is 6.25. The van der Waals surface area contributed by atoms with Gasteiger partial charge in [-0.3, -0.25) is 14.5 Å². The first-order valence-electron chi connectivity index (χ1n) is 10.6. The van der Waals surface area contributed by atoms with E-state index in [9.17, 15) is 9.59 Å². The molecule has 2 aliphatic rings. The van der Waals surface area contributed by atoms with Crippen LogP contribution in [0.1, 0.15) is 58.8 Å². The quantitative estimate of drug-likeness (QED) is 0.764. The van der Waals surface area contributed by atoms with Crippen molar-refractivity contribution in [3.05, 3.63) is 58.8 Å². The Morgan fingerprint density at radius 3 is 2.30 bits per heavy atom. The molecule has 7 nitrogen and oxygen atoms in total. The Labute approximate surface area is 177 Å². The number of carbonyl (C=O) groups excluding carboxylic acids is 2. The lowest BCUT2D eigenvalue weighted by atomic mass is 9.92. The standard InChI is InChI=1S/C23H29N5O2/c24-22-19(23(25)30)7-8-20(26-22)16-9-12-28(13-10-16)21(29)6-3-11-27-14-17-4-1-2-5-18(17)15-27/h1-2,4-5,7-8,16H,3,6,9-15H2,(H2,24,26)(H2,25,30). The Balaban J connectivity index is 1.21. The number of primary amides is 1. The summed E-state index contributed by atoms with van der Waals surface area (Å²) in [6.45, 7) is 4.39. The molecule has 1 fully saturated rings. The zero-order valence-electron chi connectivity index (χ0n) is 17.2. The number of amides is 2. The molecular formula is C23H29N5O2. The summed E-state index contributed by atoms with van der Waals surface area (Å²) >= 11 is 0. The molecule has 0 saturated carbocycles. The summed E-state index contributed by atoms with van der Waals surface area (Å²) in [5.41, 5.74) is 15.1. The Bertz CT molecular complexity index is 912. The number of fused-ring (bicyclic) bond motifs is 1. The van der Waals surface area contributed by atoms with Crippen molar-refractivity contribution in [2.75, 3.05) is 25.4 Å². The van der Waals surface area contributed by atoms with Crippen LogP contribution in [0.5, 0.6) is 0 Å². The van der Waals surface area contributed by atoms with Gasteiger partial charge in [-0.15, -0.1) is 0 Å². The highest BCUT2D eigenvalue weighted by Gasteiger charge is 2.25. The van der Waals surface area contributed by atoms with E-state index in [-0.39, 0.29) is 23.2 Å². The number of piperidine rings is 1. The minimum Gasteiger partial charge on any atom is -0.383 e. The van der Waals surface area contributed by atoms with Crippen molar-refractivity contribution in [2.24, 2.45) is 5.73 Å². The molecule has 0 aliphatic carbocycles. The van der Waals surface area contributed by atoms with E-state index in [4.69, 9.17) is 11.5 Å². The maximum Gasteiger partial charge on any atom is 0.252 e. The zero-order valence-corrected chi connectivity index (χ0v) is 17.2. The van der Waals surface area contributed by atoms with Crippen molar-refractivity contribution >= 4 is 17.6 Å². The summed E-state index contributed by atoms with van der Waals surface area (Å²) in [5, 5.41) is 0. The van der Waals surface area contributed by atoms with Crippen LogP contribution < -0.4 is 11.5 Å². The van der Waals surface area contributed by atoms with E-state index in [1.165, 1.54) is 11.1 Å². The van der Waals surface area contributed by atoms with Crippen molar-refractivity contribution < 1.29 is 9.59 Å². The molecule has 2 aliphatic heterocycles. The molecule has 2 amide bonds. The molecule has 1 aromatic carbocycles. The van der Waals surface area contributed by atoms with Crippen LogP contribution >= 0.6 is 0 Å². The van der Waals surface area contributed by atoms with Crippen molar-refractivity contribution in [3.63, 3.8) is 0 Å². The molecule has 1 aromatic heterocycles. The third kappa shape index (κ3) is 4.46. The van der Waals surface area contributed by atoms with Gasteiger partial charge in [-0.1, -0.05) is 24.3 Å². The van der Waals surface area contributed by atoms with Crippen LogP contribution in [0.25, 0.3) is 0 Å². The van der Waals surface area contributed by atoms with E-state index in [1.807, 2.05) is 11.0 Å². The van der Waals surface area contributed by atoms with Crippen LogP contribution in [0.15, 0.2) is 36.4 Å². The smallest absolute Gasteiger partial charge is 0.252 e. The number of rotatable bonds is 6. The molecule has 0 radical (unpaired) electrons. The summed E-state index contributed by atoms with van der Waals surface area (Å²) in [6.07, 6.45) is 3.19. The fourth-order valence-corrected chi connectivity index (χ4v) is 4.52. The van der Waals surface area contributed by atoms with E-state index in [0.29, 0.717) is 6.42 Å². The minimum atomic E-state index is -0.565. The number of carbonyl (C=O) groups is 2. The Morgan fingerprint density at radius 1 is 1.03 bits per heavy atom. The molecule has 30 heavy (non-hydrogen) atoms. The van der Waals surface area contributed by atoms with Crippen molar-refractivity contribution in [3.8, 4) is 0 Å². The number of anilines is 1. The Morgan fingerprint density at radius 2 is 1.70 bits per heavy atom. The van der Waals surface area contributed by atoms with Gasteiger partial charge in [0.05, 0.1) is 5.56 Å². The van der Waals surface area contributed by atoms with E-state index in [2.05, 4.69) is 34.1 Å². The van der Waals surface area contributed by atoms with Crippen LogP contribution in [-0.2, 0) is 17.9 Å². The number of nitrogens with zero attached hydrogens (tertiary/aromatic N) is 3. The van der Waals surface area contributed by atoms with Gasteiger partial charge in [0, 0.05) is 44.2 Å². The van der Waals surface area contributed by atoms with Gasteiger partial charge in [0.15, 0.2) is 0 Å². The molecule has 4 N–H and O–H groups in total. The Hall–Kier alpha value is -2.93. The van der Waals surface area contributed by atoms with E-state index < -0.39 is 5.91 Å². The average molecular weight is 408 g/mol. The normalized spacial score (nSPS) is 17.1. The van der Waals surface area contributed by atoms with Crippen LogP contribution in [0.2, 0.25) is 0 Å². The maximum atomic E-state index is 12.6. The van der Waals surface area contributed by atoms with Gasteiger partial charge in [0.1, 0.15) is 5.82 Å². The van der Waals surface area contributed by atoms with Crippen LogP contribution in [0, 0.1) is 0 Å². The number of likely N-dealkylation sites (tertiary alicyclic amines) is 1. The largest absolute Gasteiger partial charge is 0.383 e. The first kappa shape index (κ1) is 20.3. The second-order valence-electron chi connectivity index (χ2n) is 8.27. The van der Waals surface area contributed by atoms with Crippen molar-refractivity contribution in [2.45, 2.75) is 44.7 Å². The summed E-state index contributed by atoms with van der Waals surface area (Å²) in [4.78, 5) is 32.7. The minimum absolute atomic E-state index is 0.183. The van der Waals surface area contributed by atoms with Crippen LogP contribution in [-0.4, -0.2) is 46.2 Å². The first-order chi connectivity index (χ1) is 14.5. The highest BCUT2D eigenvalue weighted by Crippen LogP contribution is 2.28. The third-order valence-corrected chi connectivity index (χ3v) is 6.25. The summed E-state index contributed by atoms with van der Waals surface area (Å²) in [5.74, 6) is 0.107. The predicted octanol–water partition coefficient (Wildman–Crippen LogP) is 2.26. The molecule has 0 bridgehead atoms. The number of nitrogens with two attached hydrogens (primary N) is 2. The second kappa shape index (κ2) is 8.83. The molecule has 0 spiro atoms. The molecule has 158 valence electrons. The summed E-state index contributed by atoms with van der Waals surface area (Å²) in [7, 11) is 0. The molecule has 1 saturated heterocycles. The van der Waals surface area contributed by atoms with Gasteiger partial charge >= 0.3 is 0 Å². The molecule has 2 aromatic rings. The Kier molecular flexibility index (Phi) is 5.99. The number of benzene rings is 1. The molecule has 3 heterocycles. The topological polar surface area (TPSA) is 106 Å². The number of aromatic nitrogens is 1. The number of pyridine rings is 1. The van der Waals surface area contributed by atoms with Crippen LogP contribution in [0.3, 0.4) is 0 Å². The van der Waals surface area contributed by atoms with E-state index in [1.54, 1.807) is 6.07 Å². The highest BCUT2D eigenvalue weighted by molar-refractivity contribution is 5.97. The van der Waals surface area contributed by atoms with Gasteiger partial charge in [0.2, 0.25) is 5.91 Å².